The van der Waals surface area contributed by atoms with Gasteiger partial charge in [-0.25, -0.2) is 9.78 Å². The lowest BCUT2D eigenvalue weighted by Crippen LogP contribution is -2.21. The average Bonchev–Trinajstić information content (AvgIpc) is 3.04. The number of likely N-dealkylation sites (tertiary alicyclic amines) is 1. The van der Waals surface area contributed by atoms with Gasteiger partial charge >= 0.3 is 5.97 Å². The quantitative estimate of drug-likeness (QED) is 0.839. The molecular formula is C19H23N3O3. The summed E-state index contributed by atoms with van der Waals surface area (Å²) in [5.74, 6) is 0.890. The number of carbonyl (C=O) groups is 1. The van der Waals surface area contributed by atoms with Crippen molar-refractivity contribution in [3.05, 3.63) is 53.2 Å². The number of ether oxygens (including phenoxy) is 1. The van der Waals surface area contributed by atoms with E-state index in [2.05, 4.69) is 9.88 Å². The van der Waals surface area contributed by atoms with E-state index in [9.17, 15) is 9.90 Å². The third-order valence-electron chi connectivity index (χ3n) is 4.73. The molecule has 0 saturated carbocycles. The Morgan fingerprint density at radius 1 is 1.40 bits per heavy atom. The zero-order chi connectivity index (χ0) is 17.8. The van der Waals surface area contributed by atoms with Crippen molar-refractivity contribution in [3.8, 4) is 5.75 Å². The van der Waals surface area contributed by atoms with Gasteiger partial charge in [-0.3, -0.25) is 4.90 Å². The molecule has 3 rings (SSSR count). The van der Waals surface area contributed by atoms with E-state index in [0.29, 0.717) is 17.3 Å². The molecule has 2 heterocycles. The first kappa shape index (κ1) is 17.2. The van der Waals surface area contributed by atoms with Gasteiger partial charge in [-0.1, -0.05) is 6.07 Å². The van der Waals surface area contributed by atoms with Crippen molar-refractivity contribution >= 4 is 11.8 Å². The molecule has 1 aromatic heterocycles. The Hall–Kier alpha value is -2.60. The van der Waals surface area contributed by atoms with E-state index < -0.39 is 5.97 Å². The molecule has 6 heteroatoms. The van der Waals surface area contributed by atoms with Crippen LogP contribution in [0.1, 0.15) is 27.9 Å². The van der Waals surface area contributed by atoms with Crippen molar-refractivity contribution in [2.75, 3.05) is 25.9 Å². The molecule has 1 saturated heterocycles. The van der Waals surface area contributed by atoms with Crippen molar-refractivity contribution in [1.29, 1.82) is 0 Å². The van der Waals surface area contributed by atoms with Gasteiger partial charge in [0.2, 0.25) is 0 Å². The van der Waals surface area contributed by atoms with Gasteiger partial charge in [0.1, 0.15) is 11.6 Å². The Morgan fingerprint density at radius 2 is 2.24 bits per heavy atom. The SMILES string of the molecule is COc1ccc(C(=O)O)cc1CC1CCN(Cc2cccnc2N)C1. The van der Waals surface area contributed by atoms with E-state index in [1.165, 1.54) is 0 Å². The lowest BCUT2D eigenvalue weighted by molar-refractivity contribution is 0.0696. The van der Waals surface area contributed by atoms with E-state index in [4.69, 9.17) is 10.5 Å². The number of pyridine rings is 1. The van der Waals surface area contributed by atoms with Crippen molar-refractivity contribution in [2.45, 2.75) is 19.4 Å². The van der Waals surface area contributed by atoms with Crippen LogP contribution in [0.2, 0.25) is 0 Å². The number of carboxylic acid groups (broad SMARTS) is 1. The van der Waals surface area contributed by atoms with E-state index in [1.54, 1.807) is 31.5 Å². The van der Waals surface area contributed by atoms with E-state index >= 15 is 0 Å². The molecule has 2 aromatic rings. The summed E-state index contributed by atoms with van der Waals surface area (Å²) in [6.07, 6.45) is 3.58. The topological polar surface area (TPSA) is 88.7 Å². The third kappa shape index (κ3) is 4.09. The summed E-state index contributed by atoms with van der Waals surface area (Å²) < 4.78 is 5.40. The molecule has 0 spiro atoms. The monoisotopic (exact) mass is 341 g/mol. The number of benzene rings is 1. The largest absolute Gasteiger partial charge is 0.496 e. The van der Waals surface area contributed by atoms with Gasteiger partial charge in [-0.05, 0) is 55.1 Å². The molecule has 0 bridgehead atoms. The minimum Gasteiger partial charge on any atom is -0.496 e. The Labute approximate surface area is 147 Å². The van der Waals surface area contributed by atoms with Crippen LogP contribution in [0, 0.1) is 5.92 Å². The fraction of sp³-hybridized carbons (Fsp3) is 0.368. The number of nitrogens with zero attached hydrogens (tertiary/aromatic N) is 2. The van der Waals surface area contributed by atoms with Gasteiger partial charge in [0.05, 0.1) is 12.7 Å². The molecule has 1 unspecified atom stereocenters. The van der Waals surface area contributed by atoms with Crippen molar-refractivity contribution in [3.63, 3.8) is 0 Å². The number of hydrogen-bond donors (Lipinski definition) is 2. The van der Waals surface area contributed by atoms with Crippen LogP contribution in [0.4, 0.5) is 5.82 Å². The molecule has 0 amide bonds. The minimum atomic E-state index is -0.913. The number of aromatic nitrogens is 1. The molecule has 1 aliphatic rings. The zero-order valence-electron chi connectivity index (χ0n) is 14.3. The van der Waals surface area contributed by atoms with Crippen LogP contribution in [0.3, 0.4) is 0 Å². The minimum absolute atomic E-state index is 0.300. The summed E-state index contributed by atoms with van der Waals surface area (Å²) in [5, 5.41) is 9.20. The van der Waals surface area contributed by atoms with Crippen molar-refractivity contribution < 1.29 is 14.6 Å². The lowest BCUT2D eigenvalue weighted by Gasteiger charge is -2.17. The molecular weight excluding hydrogens is 318 g/mol. The highest BCUT2D eigenvalue weighted by Crippen LogP contribution is 2.28. The van der Waals surface area contributed by atoms with Crippen molar-refractivity contribution in [1.82, 2.24) is 9.88 Å². The molecule has 1 aromatic carbocycles. The number of methoxy groups -OCH3 is 1. The van der Waals surface area contributed by atoms with Crippen LogP contribution in [0.5, 0.6) is 5.75 Å². The van der Waals surface area contributed by atoms with Crippen LogP contribution < -0.4 is 10.5 Å². The maximum Gasteiger partial charge on any atom is 0.335 e. The van der Waals surface area contributed by atoms with Gasteiger partial charge in [-0.2, -0.15) is 0 Å². The predicted molar refractivity (Wildman–Crippen MR) is 95.7 cm³/mol. The fourth-order valence-electron chi connectivity index (χ4n) is 3.43. The van der Waals surface area contributed by atoms with Crippen LogP contribution in [0.15, 0.2) is 36.5 Å². The van der Waals surface area contributed by atoms with Gasteiger partial charge in [0.25, 0.3) is 0 Å². The Morgan fingerprint density at radius 3 is 2.96 bits per heavy atom. The maximum absolute atomic E-state index is 11.2. The van der Waals surface area contributed by atoms with Crippen LogP contribution in [-0.2, 0) is 13.0 Å². The highest BCUT2D eigenvalue weighted by Gasteiger charge is 2.24. The number of hydrogen-bond acceptors (Lipinski definition) is 5. The highest BCUT2D eigenvalue weighted by molar-refractivity contribution is 5.88. The second-order valence-corrected chi connectivity index (χ2v) is 6.47. The zero-order valence-corrected chi connectivity index (χ0v) is 14.3. The molecule has 132 valence electrons. The van der Waals surface area contributed by atoms with Crippen LogP contribution in [0.25, 0.3) is 0 Å². The Balaban J connectivity index is 1.66. The summed E-state index contributed by atoms with van der Waals surface area (Å²) in [6.45, 7) is 2.75. The Bertz CT molecular complexity index is 763. The molecule has 1 aliphatic heterocycles. The average molecular weight is 341 g/mol. The first-order valence-electron chi connectivity index (χ1n) is 8.38. The maximum atomic E-state index is 11.2. The van der Waals surface area contributed by atoms with Crippen LogP contribution >= 0.6 is 0 Å². The molecule has 3 N–H and O–H groups in total. The number of aromatic carboxylic acids is 1. The number of nitrogens with two attached hydrogens (primary N) is 1. The lowest BCUT2D eigenvalue weighted by atomic mass is 9.96. The van der Waals surface area contributed by atoms with Gasteiger partial charge in [0.15, 0.2) is 0 Å². The molecule has 0 radical (unpaired) electrons. The molecule has 1 atom stereocenters. The smallest absolute Gasteiger partial charge is 0.335 e. The van der Waals surface area contributed by atoms with E-state index in [1.807, 2.05) is 12.1 Å². The van der Waals surface area contributed by atoms with E-state index in [-0.39, 0.29) is 0 Å². The number of anilines is 1. The summed E-state index contributed by atoms with van der Waals surface area (Å²) >= 11 is 0. The van der Waals surface area contributed by atoms with Gasteiger partial charge in [-0.15, -0.1) is 0 Å². The first-order valence-corrected chi connectivity index (χ1v) is 8.38. The number of carboxylic acids is 1. The number of rotatable bonds is 6. The second kappa shape index (κ2) is 7.53. The molecule has 25 heavy (non-hydrogen) atoms. The van der Waals surface area contributed by atoms with Gasteiger partial charge in [0, 0.05) is 24.8 Å². The van der Waals surface area contributed by atoms with E-state index in [0.717, 1.165) is 49.4 Å². The molecule has 0 aliphatic carbocycles. The Kier molecular flexibility index (Phi) is 5.19. The summed E-state index contributed by atoms with van der Waals surface area (Å²) in [5.41, 5.74) is 8.23. The third-order valence-corrected chi connectivity index (χ3v) is 4.73. The first-order chi connectivity index (χ1) is 12.1. The summed E-state index contributed by atoms with van der Waals surface area (Å²) in [4.78, 5) is 17.7. The summed E-state index contributed by atoms with van der Waals surface area (Å²) in [7, 11) is 1.62. The normalized spacial score (nSPS) is 17.6. The molecule has 6 nitrogen and oxygen atoms in total. The fourth-order valence-corrected chi connectivity index (χ4v) is 3.43. The van der Waals surface area contributed by atoms with Gasteiger partial charge < -0.3 is 15.6 Å². The number of nitrogen functional groups attached to an aromatic ring is 1. The molecule has 1 fully saturated rings. The van der Waals surface area contributed by atoms with Crippen molar-refractivity contribution in [2.24, 2.45) is 5.92 Å². The highest BCUT2D eigenvalue weighted by atomic mass is 16.5. The standard InChI is InChI=1S/C19H23N3O3/c1-25-17-5-4-14(19(23)24)10-16(17)9-13-6-8-22(11-13)12-15-3-2-7-21-18(15)20/h2-5,7,10,13H,6,8-9,11-12H2,1H3,(H2,20,21)(H,23,24). The summed E-state index contributed by atoms with van der Waals surface area (Å²) in [6, 6.07) is 8.96. The van der Waals surface area contributed by atoms with Crippen LogP contribution in [-0.4, -0.2) is 41.2 Å². The second-order valence-electron chi connectivity index (χ2n) is 6.47. The predicted octanol–water partition coefficient (Wildman–Crippen LogP) is 2.44.